The minimum atomic E-state index is -1.44. The number of phenols is 1. The predicted molar refractivity (Wildman–Crippen MR) is 153 cm³/mol. The molecule has 19 heteroatoms. The zero-order chi connectivity index (χ0) is 31.9. The zero-order valence-electron chi connectivity index (χ0n) is 23.4. The Balaban J connectivity index is 1.34. The summed E-state index contributed by atoms with van der Waals surface area (Å²) in [6, 6.07) is 1.77. The van der Waals surface area contributed by atoms with Gasteiger partial charge in [0.05, 0.1) is 6.54 Å². The first-order valence-electron chi connectivity index (χ1n) is 13.3. The van der Waals surface area contributed by atoms with Crippen molar-refractivity contribution < 1.29 is 39.0 Å². The molecule has 0 aliphatic carbocycles. The van der Waals surface area contributed by atoms with E-state index in [2.05, 4.69) is 21.1 Å². The number of hydrogen-bond acceptors (Lipinski definition) is 11. The monoisotopic (exact) mass is 645 g/mol. The Labute approximate surface area is 258 Å². The summed E-state index contributed by atoms with van der Waals surface area (Å²) in [4.78, 5) is 80.1. The summed E-state index contributed by atoms with van der Waals surface area (Å²) in [7, 11) is 1.59. The zero-order valence-corrected chi connectivity index (χ0v) is 25.0. The molecule has 3 aliphatic heterocycles. The van der Waals surface area contributed by atoms with Crippen LogP contribution in [-0.2, 0) is 37.6 Å². The number of aromatic nitrogens is 4. The summed E-state index contributed by atoms with van der Waals surface area (Å²) >= 11 is 6.46. The molecule has 2 saturated heterocycles. The number of urea groups is 1. The number of rotatable bonds is 8. The Kier molecular flexibility index (Phi) is 8.42. The smallest absolute Gasteiger partial charge is 0.352 e. The summed E-state index contributed by atoms with van der Waals surface area (Å²) < 4.78 is 2.94. The van der Waals surface area contributed by atoms with Crippen LogP contribution < -0.4 is 10.6 Å². The summed E-state index contributed by atoms with van der Waals surface area (Å²) in [6.45, 7) is 2.02. The van der Waals surface area contributed by atoms with Crippen molar-refractivity contribution in [3.8, 4) is 5.75 Å². The molecule has 0 radical (unpaired) electrons. The van der Waals surface area contributed by atoms with Crippen LogP contribution in [0.1, 0.15) is 18.5 Å². The third-order valence-corrected chi connectivity index (χ3v) is 9.17. The van der Waals surface area contributed by atoms with Gasteiger partial charge in [-0.05, 0) is 52.8 Å². The number of imide groups is 1. The van der Waals surface area contributed by atoms with Crippen LogP contribution in [0.4, 0.5) is 4.79 Å². The lowest BCUT2D eigenvalue weighted by molar-refractivity contribution is -0.153. The average Bonchev–Trinajstić information content (AvgIpc) is 3.32. The van der Waals surface area contributed by atoms with Gasteiger partial charge in [-0.1, -0.05) is 12.1 Å². The summed E-state index contributed by atoms with van der Waals surface area (Å²) in [5.41, 5.74) is 0.355. The molecule has 1 aromatic heterocycles. The highest BCUT2D eigenvalue weighted by Crippen LogP contribution is 2.41. The highest BCUT2D eigenvalue weighted by atomic mass is 32.2. The standard InChI is InChI=1S/C25H27N9O8S2/c1-3-31-8-9-32(21(39)20(31)38)24(42)27-15(12-4-6-14(35)7-5-12)18(36)26-16-19(37)34-17(23(40)41)13(11-44-22(16)34)10-33-25(43)30(2)28-29-33/h4-7,15-16,22,35H,3,8-11H2,1-2H3,(H,26,36)(H,27,42)(H,40,41)/t15-,16-,22-/m1/s1. The predicted octanol–water partition coefficient (Wildman–Crippen LogP) is -1.07. The van der Waals surface area contributed by atoms with Gasteiger partial charge in [-0.3, -0.25) is 29.0 Å². The van der Waals surface area contributed by atoms with Crippen LogP contribution in [0.25, 0.3) is 0 Å². The Morgan fingerprint density at radius 3 is 2.43 bits per heavy atom. The Morgan fingerprint density at radius 1 is 1.11 bits per heavy atom. The van der Waals surface area contributed by atoms with Gasteiger partial charge in [0, 0.05) is 32.4 Å². The lowest BCUT2D eigenvalue weighted by atomic mass is 10.0. The fourth-order valence-corrected chi connectivity index (χ4v) is 6.48. The molecule has 3 aliphatic rings. The molecular formula is C25H27N9O8S2. The van der Waals surface area contributed by atoms with Crippen molar-refractivity contribution in [1.29, 1.82) is 0 Å². The fourth-order valence-electron chi connectivity index (χ4n) is 5.01. The molecule has 4 heterocycles. The van der Waals surface area contributed by atoms with Crippen LogP contribution in [0.3, 0.4) is 0 Å². The number of likely N-dealkylation sites (N-methyl/N-ethyl adjacent to an activating group) is 1. The number of carbonyl (C=O) groups is 6. The number of fused-ring (bicyclic) bond motifs is 1. The molecule has 6 amide bonds. The number of benzene rings is 1. The number of phenolic OH excluding ortho intramolecular Hbond substituents is 1. The van der Waals surface area contributed by atoms with Crippen molar-refractivity contribution in [3.05, 3.63) is 45.9 Å². The van der Waals surface area contributed by atoms with Gasteiger partial charge in [-0.2, -0.15) is 0 Å². The number of carbonyl (C=O) groups excluding carboxylic acids is 5. The number of carboxylic acid groups (broad SMARTS) is 1. The second-order valence-corrected chi connectivity index (χ2v) is 11.5. The maximum Gasteiger partial charge on any atom is 0.352 e. The number of thioether (sulfide) groups is 1. The largest absolute Gasteiger partial charge is 0.508 e. The summed E-state index contributed by atoms with van der Waals surface area (Å²) in [5.74, 6) is -4.65. The summed E-state index contributed by atoms with van der Waals surface area (Å²) in [6.07, 6.45) is 0. The number of nitrogens with one attached hydrogen (secondary N) is 2. The average molecular weight is 646 g/mol. The number of aliphatic carboxylic acids is 1. The summed E-state index contributed by atoms with van der Waals surface area (Å²) in [5, 5.41) is 31.7. The van der Waals surface area contributed by atoms with Gasteiger partial charge >= 0.3 is 23.8 Å². The second kappa shape index (κ2) is 12.1. The van der Waals surface area contributed by atoms with E-state index < -0.39 is 53.1 Å². The van der Waals surface area contributed by atoms with E-state index in [1.807, 2.05) is 0 Å². The number of aryl methyl sites for hydroxylation is 1. The van der Waals surface area contributed by atoms with E-state index in [0.29, 0.717) is 17.0 Å². The normalized spacial score (nSPS) is 20.7. The third kappa shape index (κ3) is 5.50. The lowest BCUT2D eigenvalue weighted by Gasteiger charge is -2.49. The molecule has 0 spiro atoms. The number of amides is 6. The van der Waals surface area contributed by atoms with Crippen LogP contribution in [-0.4, -0.2) is 117 Å². The highest BCUT2D eigenvalue weighted by Gasteiger charge is 2.54. The molecule has 5 rings (SSSR count). The van der Waals surface area contributed by atoms with Gasteiger partial charge < -0.3 is 25.7 Å². The molecule has 44 heavy (non-hydrogen) atoms. The fraction of sp³-hybridized carbons (Fsp3) is 0.400. The quantitative estimate of drug-likeness (QED) is 0.154. The van der Waals surface area contributed by atoms with E-state index in [1.165, 1.54) is 50.3 Å². The van der Waals surface area contributed by atoms with E-state index in [4.69, 9.17) is 12.2 Å². The minimum absolute atomic E-state index is 0.00245. The van der Waals surface area contributed by atoms with Crippen molar-refractivity contribution in [2.45, 2.75) is 30.9 Å². The number of nitrogens with zero attached hydrogens (tertiary/aromatic N) is 7. The molecule has 0 bridgehead atoms. The van der Waals surface area contributed by atoms with Gasteiger partial charge in [0.1, 0.15) is 28.9 Å². The highest BCUT2D eigenvalue weighted by molar-refractivity contribution is 8.00. The van der Waals surface area contributed by atoms with Crippen LogP contribution in [0, 0.1) is 4.77 Å². The van der Waals surface area contributed by atoms with Crippen LogP contribution in [0.5, 0.6) is 5.75 Å². The van der Waals surface area contributed by atoms with E-state index in [9.17, 15) is 39.0 Å². The minimum Gasteiger partial charge on any atom is -0.508 e. The second-order valence-electron chi connectivity index (χ2n) is 10.0. The molecule has 4 N–H and O–H groups in total. The molecule has 2 fully saturated rings. The van der Waals surface area contributed by atoms with Crippen LogP contribution in [0.15, 0.2) is 35.5 Å². The van der Waals surface area contributed by atoms with E-state index >= 15 is 0 Å². The van der Waals surface area contributed by atoms with Crippen LogP contribution in [0.2, 0.25) is 0 Å². The first kappa shape index (κ1) is 30.7. The first-order valence-corrected chi connectivity index (χ1v) is 14.8. The van der Waals surface area contributed by atoms with E-state index in [1.54, 1.807) is 14.0 Å². The lowest BCUT2D eigenvalue weighted by Crippen LogP contribution is -2.71. The Morgan fingerprint density at radius 2 is 1.82 bits per heavy atom. The number of carboxylic acids is 1. The molecule has 0 saturated carbocycles. The van der Waals surface area contributed by atoms with Crippen molar-refractivity contribution in [3.63, 3.8) is 0 Å². The van der Waals surface area contributed by atoms with Gasteiger partial charge in [0.2, 0.25) is 10.7 Å². The topological polar surface area (TPSA) is 212 Å². The number of tetrazole rings is 1. The molecule has 17 nitrogen and oxygen atoms in total. The van der Waals surface area contributed by atoms with Crippen molar-refractivity contribution >= 4 is 59.6 Å². The molecule has 1 aromatic carbocycles. The maximum atomic E-state index is 13.6. The molecular weight excluding hydrogens is 618 g/mol. The Hall–Kier alpha value is -4.78. The molecule has 232 valence electrons. The van der Waals surface area contributed by atoms with Crippen molar-refractivity contribution in [2.24, 2.45) is 7.05 Å². The number of hydrogen-bond donors (Lipinski definition) is 4. The van der Waals surface area contributed by atoms with Crippen molar-refractivity contribution in [2.75, 3.05) is 25.4 Å². The van der Waals surface area contributed by atoms with Gasteiger partial charge in [-0.15, -0.1) is 11.8 Å². The van der Waals surface area contributed by atoms with Crippen LogP contribution >= 0.6 is 24.0 Å². The Bertz CT molecular complexity index is 1650. The first-order chi connectivity index (χ1) is 20.9. The number of piperazine rings is 1. The molecule has 0 unspecified atom stereocenters. The molecule has 3 atom stereocenters. The van der Waals surface area contributed by atoms with E-state index in [-0.39, 0.29) is 47.2 Å². The number of β-lactam (4-membered cyclic amide) rings is 1. The maximum absolute atomic E-state index is 13.6. The van der Waals surface area contributed by atoms with Crippen molar-refractivity contribution in [1.82, 2.24) is 45.1 Å². The van der Waals surface area contributed by atoms with E-state index in [0.717, 1.165) is 4.90 Å². The van der Waals surface area contributed by atoms with Gasteiger partial charge in [-0.25, -0.2) is 19.0 Å². The third-order valence-electron chi connectivity index (χ3n) is 7.36. The molecule has 2 aromatic rings. The SMILES string of the molecule is CCN1CCN(C(=O)N[C@@H](C(=O)N[C@@H]2C(=O)N3C(C(=O)O)=C(Cn4nnn(C)c4=S)CS[C@H]23)c2ccc(O)cc2)C(=O)C1=O. The van der Waals surface area contributed by atoms with Gasteiger partial charge in [0.25, 0.3) is 5.91 Å². The van der Waals surface area contributed by atoms with Gasteiger partial charge in [0.15, 0.2) is 0 Å². The number of aromatic hydroxyl groups is 1.